The number of nitrogens with one attached hydrogen (secondary N) is 2. The van der Waals surface area contributed by atoms with Gasteiger partial charge in [-0.15, -0.1) is 0 Å². The van der Waals surface area contributed by atoms with Gasteiger partial charge in [0.15, 0.2) is 0 Å². The molecule has 0 bridgehead atoms. The molecule has 1 fully saturated rings. The minimum atomic E-state index is -4.03. The van der Waals surface area contributed by atoms with Gasteiger partial charge in [0.05, 0.1) is 22.1 Å². The largest absolute Gasteiger partial charge is 0.338 e. The zero-order valence-corrected chi connectivity index (χ0v) is 19.1. The highest BCUT2D eigenvalue weighted by atomic mass is 32.2. The Balaban J connectivity index is 1.50. The molecule has 176 valence electrons. The van der Waals surface area contributed by atoms with Gasteiger partial charge in [0.25, 0.3) is 15.9 Å². The number of carbonyl (C=O) groups is 2. The molecule has 1 aliphatic rings. The van der Waals surface area contributed by atoms with Crippen molar-refractivity contribution in [3.05, 3.63) is 90.2 Å². The number of para-hydroxylation sites is 2. The molecule has 0 aromatic heterocycles. The lowest BCUT2D eigenvalue weighted by Gasteiger charge is -2.32. The molecule has 2 amide bonds. The van der Waals surface area contributed by atoms with Gasteiger partial charge in [-0.2, -0.15) is 0 Å². The third-order valence-corrected chi connectivity index (χ3v) is 7.03. The van der Waals surface area contributed by atoms with E-state index in [1.165, 1.54) is 6.07 Å². The molecule has 1 saturated heterocycles. The van der Waals surface area contributed by atoms with Crippen molar-refractivity contribution in [1.29, 1.82) is 0 Å². The van der Waals surface area contributed by atoms with Crippen molar-refractivity contribution in [2.24, 2.45) is 5.92 Å². The number of anilines is 2. The number of piperidine rings is 1. The summed E-state index contributed by atoms with van der Waals surface area (Å²) < 4.78 is 41.2. The van der Waals surface area contributed by atoms with Gasteiger partial charge >= 0.3 is 0 Å². The molecular formula is C25H24FN3O4S. The van der Waals surface area contributed by atoms with Crippen molar-refractivity contribution in [2.45, 2.75) is 17.7 Å². The number of hydrogen-bond donors (Lipinski definition) is 2. The van der Waals surface area contributed by atoms with Crippen LogP contribution in [0.4, 0.5) is 15.8 Å². The third kappa shape index (κ3) is 5.43. The van der Waals surface area contributed by atoms with Crippen molar-refractivity contribution >= 4 is 33.2 Å². The lowest BCUT2D eigenvalue weighted by Crippen LogP contribution is -2.44. The molecule has 34 heavy (non-hydrogen) atoms. The second kappa shape index (κ2) is 10.0. The summed E-state index contributed by atoms with van der Waals surface area (Å²) in [5.41, 5.74) is 0.987. The van der Waals surface area contributed by atoms with E-state index >= 15 is 0 Å². The highest BCUT2D eigenvalue weighted by molar-refractivity contribution is 7.92. The Hall–Kier alpha value is -3.72. The Bertz CT molecular complexity index is 1280. The van der Waals surface area contributed by atoms with Crippen LogP contribution in [0, 0.1) is 11.7 Å². The maximum Gasteiger partial charge on any atom is 0.261 e. The number of likely N-dealkylation sites (tertiary alicyclic amines) is 1. The number of amides is 2. The first kappa shape index (κ1) is 23.4. The number of benzene rings is 3. The van der Waals surface area contributed by atoms with Crippen molar-refractivity contribution < 1.29 is 22.4 Å². The molecule has 4 rings (SSSR count). The van der Waals surface area contributed by atoms with E-state index in [1.54, 1.807) is 35.2 Å². The van der Waals surface area contributed by atoms with Gasteiger partial charge in [0.1, 0.15) is 5.82 Å². The van der Waals surface area contributed by atoms with Crippen molar-refractivity contribution in [2.75, 3.05) is 23.1 Å². The molecule has 1 unspecified atom stereocenters. The Morgan fingerprint density at radius 3 is 2.32 bits per heavy atom. The molecule has 0 spiro atoms. The van der Waals surface area contributed by atoms with E-state index < -0.39 is 15.8 Å². The van der Waals surface area contributed by atoms with Crippen LogP contribution >= 0.6 is 0 Å². The average molecular weight is 482 g/mol. The first-order valence-electron chi connectivity index (χ1n) is 10.9. The van der Waals surface area contributed by atoms with Gasteiger partial charge in [-0.1, -0.05) is 30.3 Å². The Labute approximate surface area is 197 Å². The van der Waals surface area contributed by atoms with E-state index in [0.29, 0.717) is 25.1 Å². The smallest absolute Gasteiger partial charge is 0.261 e. The lowest BCUT2D eigenvalue weighted by molar-refractivity contribution is -0.121. The molecule has 0 radical (unpaired) electrons. The van der Waals surface area contributed by atoms with Gasteiger partial charge in [-0.3, -0.25) is 14.3 Å². The fourth-order valence-corrected chi connectivity index (χ4v) is 4.97. The molecule has 2 N–H and O–H groups in total. The maximum atomic E-state index is 13.3. The van der Waals surface area contributed by atoms with Crippen LogP contribution in [0.2, 0.25) is 0 Å². The minimum absolute atomic E-state index is 0.118. The number of hydrogen-bond acceptors (Lipinski definition) is 4. The summed E-state index contributed by atoms with van der Waals surface area (Å²) in [6, 6.07) is 19.8. The fraction of sp³-hybridized carbons (Fsp3) is 0.200. The van der Waals surface area contributed by atoms with Gasteiger partial charge in [0.2, 0.25) is 5.91 Å². The van der Waals surface area contributed by atoms with Crippen molar-refractivity contribution in [1.82, 2.24) is 4.90 Å². The highest BCUT2D eigenvalue weighted by Gasteiger charge is 2.30. The quantitative estimate of drug-likeness (QED) is 0.554. The average Bonchev–Trinajstić information content (AvgIpc) is 2.85. The van der Waals surface area contributed by atoms with E-state index in [4.69, 9.17) is 0 Å². The second-order valence-electron chi connectivity index (χ2n) is 8.05. The van der Waals surface area contributed by atoms with Crippen molar-refractivity contribution in [3.8, 4) is 0 Å². The van der Waals surface area contributed by atoms with Gasteiger partial charge in [-0.05, 0) is 61.4 Å². The van der Waals surface area contributed by atoms with Gasteiger partial charge < -0.3 is 10.2 Å². The molecule has 1 aliphatic heterocycles. The normalized spacial score (nSPS) is 16.0. The molecule has 1 heterocycles. The molecule has 7 nitrogen and oxygen atoms in total. The maximum absolute atomic E-state index is 13.3. The SMILES string of the molecule is O=C(Nc1ccccc1)C1CCCN(C(=O)c2ccccc2NS(=O)(=O)c2ccc(F)cc2)C1. The number of sulfonamides is 1. The molecule has 9 heteroatoms. The first-order chi connectivity index (χ1) is 16.3. The zero-order chi connectivity index (χ0) is 24.1. The van der Waals surface area contributed by atoms with Crippen LogP contribution in [-0.2, 0) is 14.8 Å². The number of rotatable bonds is 6. The summed E-state index contributed by atoms with van der Waals surface area (Å²) >= 11 is 0. The predicted molar refractivity (Wildman–Crippen MR) is 127 cm³/mol. The van der Waals surface area contributed by atoms with Crippen LogP contribution in [0.3, 0.4) is 0 Å². The molecule has 0 aliphatic carbocycles. The Morgan fingerprint density at radius 2 is 1.59 bits per heavy atom. The highest BCUT2D eigenvalue weighted by Crippen LogP contribution is 2.25. The van der Waals surface area contributed by atoms with Crippen LogP contribution in [-0.4, -0.2) is 38.2 Å². The second-order valence-corrected chi connectivity index (χ2v) is 9.73. The van der Waals surface area contributed by atoms with E-state index in [-0.39, 0.29) is 40.4 Å². The Morgan fingerprint density at radius 1 is 0.912 bits per heavy atom. The lowest BCUT2D eigenvalue weighted by atomic mass is 9.96. The topological polar surface area (TPSA) is 95.6 Å². The minimum Gasteiger partial charge on any atom is -0.338 e. The van der Waals surface area contributed by atoms with Crippen LogP contribution in [0.25, 0.3) is 0 Å². The summed E-state index contributed by atoms with van der Waals surface area (Å²) in [4.78, 5) is 27.5. The van der Waals surface area contributed by atoms with E-state index in [2.05, 4.69) is 10.0 Å². The summed E-state index contributed by atoms with van der Waals surface area (Å²) in [6.07, 6.45) is 1.31. The van der Waals surface area contributed by atoms with E-state index in [9.17, 15) is 22.4 Å². The number of carbonyl (C=O) groups excluding carboxylic acids is 2. The Kier molecular flexibility index (Phi) is 6.93. The molecule has 0 saturated carbocycles. The third-order valence-electron chi connectivity index (χ3n) is 5.65. The summed E-state index contributed by atoms with van der Waals surface area (Å²) in [6.45, 7) is 0.698. The number of halogens is 1. The number of nitrogens with zero attached hydrogens (tertiary/aromatic N) is 1. The summed E-state index contributed by atoms with van der Waals surface area (Å²) in [5.74, 6) is -1.45. The first-order valence-corrected chi connectivity index (χ1v) is 12.3. The zero-order valence-electron chi connectivity index (χ0n) is 18.3. The summed E-state index contributed by atoms with van der Waals surface area (Å²) in [7, 11) is -4.03. The standard InChI is InChI=1S/C25H24FN3O4S/c26-19-12-14-21(15-13-19)34(32,33)28-23-11-5-4-10-22(23)25(31)29-16-6-7-18(17-29)24(30)27-20-8-2-1-3-9-20/h1-5,8-15,18,28H,6-7,16-17H2,(H,27,30). The van der Waals surface area contributed by atoms with E-state index in [1.807, 2.05) is 18.2 Å². The van der Waals surface area contributed by atoms with Crippen LogP contribution in [0.5, 0.6) is 0 Å². The molecule has 3 aromatic rings. The molecule has 3 aromatic carbocycles. The molecule has 1 atom stereocenters. The monoisotopic (exact) mass is 481 g/mol. The van der Waals surface area contributed by atoms with Crippen LogP contribution in [0.15, 0.2) is 83.8 Å². The van der Waals surface area contributed by atoms with Gasteiger partial charge in [0, 0.05) is 18.8 Å². The van der Waals surface area contributed by atoms with E-state index in [0.717, 1.165) is 24.3 Å². The van der Waals surface area contributed by atoms with Gasteiger partial charge in [-0.25, -0.2) is 12.8 Å². The fourth-order valence-electron chi connectivity index (χ4n) is 3.89. The summed E-state index contributed by atoms with van der Waals surface area (Å²) in [5, 5.41) is 2.88. The van der Waals surface area contributed by atoms with Crippen LogP contribution in [0.1, 0.15) is 23.2 Å². The van der Waals surface area contributed by atoms with Crippen LogP contribution < -0.4 is 10.0 Å². The van der Waals surface area contributed by atoms with Crippen molar-refractivity contribution in [3.63, 3.8) is 0 Å². The molecular weight excluding hydrogens is 457 g/mol. The predicted octanol–water partition coefficient (Wildman–Crippen LogP) is 4.12.